The maximum Gasteiger partial charge on any atom is 0.119 e. The van der Waals surface area contributed by atoms with Crippen molar-refractivity contribution in [1.82, 2.24) is 15.1 Å². The van der Waals surface area contributed by atoms with Crippen LogP contribution in [0.2, 0.25) is 0 Å². The molecule has 1 atom stereocenters. The van der Waals surface area contributed by atoms with Gasteiger partial charge in [0.25, 0.3) is 0 Å². The third kappa shape index (κ3) is 5.60. The quantitative estimate of drug-likeness (QED) is 0.642. The molecule has 0 saturated carbocycles. The Balaban J connectivity index is 2.01. The number of nitrogens with one attached hydrogen (secondary N) is 1. The zero-order valence-corrected chi connectivity index (χ0v) is 19.3. The van der Waals surface area contributed by atoms with E-state index >= 15 is 0 Å². The topological polar surface area (TPSA) is 39.1 Å². The molecule has 1 aromatic heterocycles. The van der Waals surface area contributed by atoms with Gasteiger partial charge in [-0.2, -0.15) is 5.10 Å². The molecule has 0 bridgehead atoms. The van der Waals surface area contributed by atoms with Gasteiger partial charge >= 0.3 is 0 Å². The first-order valence-corrected chi connectivity index (χ1v) is 10.4. The minimum Gasteiger partial charge on any atom is -0.493 e. The van der Waals surface area contributed by atoms with Gasteiger partial charge in [0.05, 0.1) is 18.3 Å². The minimum absolute atomic E-state index is 0.000705. The van der Waals surface area contributed by atoms with Crippen molar-refractivity contribution in [2.45, 2.75) is 79.3 Å². The van der Waals surface area contributed by atoms with Crippen LogP contribution in [0.4, 0.5) is 0 Å². The zero-order chi connectivity index (χ0) is 21.1. The number of hydrogen-bond acceptors (Lipinski definition) is 3. The summed E-state index contributed by atoms with van der Waals surface area (Å²) < 4.78 is 7.92. The lowest BCUT2D eigenvalue weighted by Gasteiger charge is -2.28. The Morgan fingerprint density at radius 3 is 2.14 bits per heavy atom. The van der Waals surface area contributed by atoms with E-state index in [1.54, 1.807) is 0 Å². The van der Waals surface area contributed by atoms with E-state index in [0.29, 0.717) is 5.92 Å². The fraction of sp³-hybridized carbons (Fsp3) is 0.625. The average molecular weight is 386 g/mol. The summed E-state index contributed by atoms with van der Waals surface area (Å²) in [6.07, 6.45) is 2.01. The van der Waals surface area contributed by atoms with E-state index in [0.717, 1.165) is 18.9 Å². The molecule has 4 heteroatoms. The van der Waals surface area contributed by atoms with Gasteiger partial charge in [0.2, 0.25) is 0 Å². The van der Waals surface area contributed by atoms with Crippen LogP contribution in [0.3, 0.4) is 0 Å². The average Bonchev–Trinajstić information content (AvgIpc) is 3.00. The molecule has 28 heavy (non-hydrogen) atoms. The Hall–Kier alpha value is -1.81. The second-order valence-electron chi connectivity index (χ2n) is 9.98. The predicted octanol–water partition coefficient (Wildman–Crippen LogP) is 5.61. The maximum absolute atomic E-state index is 5.81. The van der Waals surface area contributed by atoms with E-state index in [-0.39, 0.29) is 17.0 Å². The molecule has 2 rings (SSSR count). The van der Waals surface area contributed by atoms with Crippen LogP contribution in [0, 0.1) is 12.8 Å². The smallest absolute Gasteiger partial charge is 0.119 e. The van der Waals surface area contributed by atoms with Gasteiger partial charge in [-0.1, -0.05) is 39.8 Å². The molecule has 1 heterocycles. The molecule has 0 aliphatic carbocycles. The van der Waals surface area contributed by atoms with Gasteiger partial charge in [-0.25, -0.2) is 0 Å². The van der Waals surface area contributed by atoms with E-state index in [1.807, 2.05) is 6.20 Å². The lowest BCUT2D eigenvalue weighted by molar-refractivity contribution is 0.271. The lowest BCUT2D eigenvalue weighted by atomic mass is 9.84. The van der Waals surface area contributed by atoms with Gasteiger partial charge in [-0.15, -0.1) is 0 Å². The maximum atomic E-state index is 5.81. The number of benzene rings is 1. The first kappa shape index (κ1) is 22.5. The third-order valence-corrected chi connectivity index (χ3v) is 5.22. The number of nitrogens with zero attached hydrogens (tertiary/aromatic N) is 2. The Morgan fingerprint density at radius 2 is 1.64 bits per heavy atom. The van der Waals surface area contributed by atoms with Crippen molar-refractivity contribution in [3.05, 3.63) is 47.3 Å². The molecule has 0 radical (unpaired) electrons. The van der Waals surface area contributed by atoms with Crippen molar-refractivity contribution in [2.75, 3.05) is 13.2 Å². The summed E-state index contributed by atoms with van der Waals surface area (Å²) >= 11 is 0. The molecule has 156 valence electrons. The number of rotatable bonds is 8. The summed E-state index contributed by atoms with van der Waals surface area (Å²) in [4.78, 5) is 0. The van der Waals surface area contributed by atoms with Crippen molar-refractivity contribution in [3.8, 4) is 5.75 Å². The summed E-state index contributed by atoms with van der Waals surface area (Å²) in [7, 11) is 0. The van der Waals surface area contributed by atoms with Gasteiger partial charge in [-0.05, 0) is 58.2 Å². The molecule has 1 unspecified atom stereocenters. The molecule has 0 saturated heterocycles. The van der Waals surface area contributed by atoms with Crippen molar-refractivity contribution in [3.63, 3.8) is 0 Å². The Bertz CT molecular complexity index is 751. The van der Waals surface area contributed by atoms with Crippen LogP contribution >= 0.6 is 0 Å². The van der Waals surface area contributed by atoms with Crippen molar-refractivity contribution >= 4 is 0 Å². The van der Waals surface area contributed by atoms with Gasteiger partial charge < -0.3 is 10.1 Å². The van der Waals surface area contributed by atoms with Crippen LogP contribution in [0.1, 0.15) is 78.3 Å². The molecule has 4 nitrogen and oxygen atoms in total. The minimum atomic E-state index is 0.000705. The van der Waals surface area contributed by atoms with Gasteiger partial charge in [0, 0.05) is 29.3 Å². The van der Waals surface area contributed by atoms with E-state index in [1.165, 1.54) is 16.8 Å². The van der Waals surface area contributed by atoms with Crippen LogP contribution in [0.15, 0.2) is 30.5 Å². The van der Waals surface area contributed by atoms with Crippen LogP contribution in [0.25, 0.3) is 0 Å². The molecule has 0 amide bonds. The molecule has 0 fully saturated rings. The Labute approximate surface area is 171 Å². The van der Waals surface area contributed by atoms with Crippen molar-refractivity contribution in [1.29, 1.82) is 0 Å². The fourth-order valence-corrected chi connectivity index (χ4v) is 3.41. The third-order valence-electron chi connectivity index (χ3n) is 5.22. The predicted molar refractivity (Wildman–Crippen MR) is 118 cm³/mol. The highest BCUT2D eigenvalue weighted by Crippen LogP contribution is 2.27. The van der Waals surface area contributed by atoms with Crippen LogP contribution in [-0.2, 0) is 11.0 Å². The van der Waals surface area contributed by atoms with E-state index in [2.05, 4.69) is 102 Å². The molecule has 2 aromatic rings. The Kier molecular flexibility index (Phi) is 6.97. The molecule has 0 spiro atoms. The highest BCUT2D eigenvalue weighted by Gasteiger charge is 2.24. The molecular weight excluding hydrogens is 346 g/mol. The van der Waals surface area contributed by atoms with E-state index < -0.39 is 0 Å². The summed E-state index contributed by atoms with van der Waals surface area (Å²) in [6, 6.07) is 8.79. The lowest BCUT2D eigenvalue weighted by Crippen LogP contribution is -2.34. The molecule has 1 N–H and O–H groups in total. The van der Waals surface area contributed by atoms with Crippen LogP contribution in [-0.4, -0.2) is 22.9 Å². The van der Waals surface area contributed by atoms with E-state index in [4.69, 9.17) is 4.74 Å². The van der Waals surface area contributed by atoms with Crippen molar-refractivity contribution < 1.29 is 4.74 Å². The summed E-state index contributed by atoms with van der Waals surface area (Å²) in [5, 5.41) is 8.33. The summed E-state index contributed by atoms with van der Waals surface area (Å²) in [5.41, 5.74) is 3.84. The molecule has 0 aliphatic heterocycles. The van der Waals surface area contributed by atoms with E-state index in [9.17, 15) is 0 Å². The highest BCUT2D eigenvalue weighted by molar-refractivity contribution is 5.32. The first-order valence-electron chi connectivity index (χ1n) is 10.4. The monoisotopic (exact) mass is 385 g/mol. The summed E-state index contributed by atoms with van der Waals surface area (Å²) in [5.74, 6) is 1.48. The van der Waals surface area contributed by atoms with Crippen LogP contribution < -0.4 is 10.1 Å². The normalized spacial score (nSPS) is 13.8. The molecule has 1 aromatic carbocycles. The van der Waals surface area contributed by atoms with Crippen LogP contribution in [0.5, 0.6) is 5.75 Å². The second-order valence-corrected chi connectivity index (χ2v) is 9.98. The second kappa shape index (κ2) is 8.69. The summed E-state index contributed by atoms with van der Waals surface area (Å²) in [6.45, 7) is 21.5. The highest BCUT2D eigenvalue weighted by atomic mass is 16.5. The van der Waals surface area contributed by atoms with Crippen molar-refractivity contribution in [2.24, 2.45) is 5.92 Å². The zero-order valence-electron chi connectivity index (χ0n) is 19.3. The largest absolute Gasteiger partial charge is 0.493 e. The fourth-order valence-electron chi connectivity index (χ4n) is 3.41. The molecular formula is C24H39N3O. The standard InChI is InChI=1S/C24H39N3O/c1-17(2)15-28-21-12-10-20(11-13-21)24(8,9)16-25-18(3)22-14-26-27(19(22)4)23(5,6)7/h10-14,17-18,25H,15-16H2,1-9H3. The molecule has 0 aliphatic rings. The van der Waals surface area contributed by atoms with Gasteiger partial charge in [0.15, 0.2) is 0 Å². The SMILES string of the molecule is Cc1c(C(C)NCC(C)(C)c2ccc(OCC(C)C)cc2)cnn1C(C)(C)C. The van der Waals surface area contributed by atoms with Gasteiger partial charge in [0.1, 0.15) is 5.75 Å². The number of aromatic nitrogens is 2. The number of hydrogen-bond donors (Lipinski definition) is 1. The Morgan fingerprint density at radius 1 is 1.04 bits per heavy atom. The van der Waals surface area contributed by atoms with Gasteiger partial charge in [-0.3, -0.25) is 4.68 Å². The number of ether oxygens (including phenoxy) is 1. The first-order chi connectivity index (χ1) is 12.9.